The number of halogens is 3. The van der Waals surface area contributed by atoms with Gasteiger partial charge < -0.3 is 0 Å². The summed E-state index contributed by atoms with van der Waals surface area (Å²) in [6.07, 6.45) is 0.902. The maximum atomic E-state index is 5.96. The van der Waals surface area contributed by atoms with Crippen LogP contribution in [0.4, 0.5) is 0 Å². The fourth-order valence-corrected chi connectivity index (χ4v) is 1.74. The number of rotatable bonds is 2. The van der Waals surface area contributed by atoms with E-state index in [1.807, 2.05) is 12.1 Å². The van der Waals surface area contributed by atoms with Crippen molar-refractivity contribution in [3.05, 3.63) is 33.8 Å². The van der Waals surface area contributed by atoms with Gasteiger partial charge in [0.1, 0.15) is 0 Å². The predicted molar refractivity (Wildman–Crippen MR) is 58.6 cm³/mol. The summed E-state index contributed by atoms with van der Waals surface area (Å²) in [6, 6.07) is 5.53. The topological polar surface area (TPSA) is 0 Å². The molecule has 1 unspecified atom stereocenters. The summed E-state index contributed by atoms with van der Waals surface area (Å²) < 4.78 is 0. The van der Waals surface area contributed by atoms with E-state index in [0.717, 1.165) is 22.0 Å². The second kappa shape index (κ2) is 4.50. The standard InChI is InChI=1S/C9H9BrCl2/c1-6(10)4-7-5-8(11)2-3-9(7)12/h2-3,5-6H,4H2,1H3. The van der Waals surface area contributed by atoms with E-state index in [0.29, 0.717) is 4.83 Å². The van der Waals surface area contributed by atoms with E-state index >= 15 is 0 Å². The van der Waals surface area contributed by atoms with E-state index in [9.17, 15) is 0 Å². The van der Waals surface area contributed by atoms with Gasteiger partial charge in [-0.15, -0.1) is 0 Å². The minimum atomic E-state index is 0.425. The Balaban J connectivity index is 2.90. The van der Waals surface area contributed by atoms with Gasteiger partial charge in [-0.05, 0) is 30.2 Å². The molecular formula is C9H9BrCl2. The van der Waals surface area contributed by atoms with Crippen LogP contribution in [0.2, 0.25) is 10.0 Å². The Bertz CT molecular complexity index is 271. The van der Waals surface area contributed by atoms with Gasteiger partial charge in [-0.3, -0.25) is 0 Å². The summed E-state index contributed by atoms with van der Waals surface area (Å²) in [5.74, 6) is 0. The van der Waals surface area contributed by atoms with Crippen LogP contribution < -0.4 is 0 Å². The third kappa shape index (κ3) is 2.96. The number of hydrogen-bond acceptors (Lipinski definition) is 0. The maximum absolute atomic E-state index is 5.96. The lowest BCUT2D eigenvalue weighted by atomic mass is 10.1. The summed E-state index contributed by atoms with van der Waals surface area (Å²) in [6.45, 7) is 2.08. The lowest BCUT2D eigenvalue weighted by Gasteiger charge is -2.05. The van der Waals surface area contributed by atoms with Crippen molar-refractivity contribution in [2.24, 2.45) is 0 Å². The molecule has 3 heteroatoms. The van der Waals surface area contributed by atoms with Crippen molar-refractivity contribution in [3.8, 4) is 0 Å². The summed E-state index contributed by atoms with van der Waals surface area (Å²) in [5.41, 5.74) is 1.09. The monoisotopic (exact) mass is 266 g/mol. The Labute approximate surface area is 91.0 Å². The minimum Gasteiger partial charge on any atom is -0.0890 e. The second-order valence-corrected chi connectivity index (χ2v) is 5.13. The predicted octanol–water partition coefficient (Wildman–Crippen LogP) is 4.32. The largest absolute Gasteiger partial charge is 0.0890 e. The van der Waals surface area contributed by atoms with Gasteiger partial charge in [-0.25, -0.2) is 0 Å². The van der Waals surface area contributed by atoms with Gasteiger partial charge in [-0.1, -0.05) is 46.1 Å². The highest BCUT2D eigenvalue weighted by Gasteiger charge is 2.04. The zero-order valence-electron chi connectivity index (χ0n) is 6.65. The third-order valence-corrected chi connectivity index (χ3v) is 2.44. The fraction of sp³-hybridized carbons (Fsp3) is 0.333. The van der Waals surface area contributed by atoms with Crippen LogP contribution in [0, 0.1) is 0 Å². The number of hydrogen-bond donors (Lipinski definition) is 0. The van der Waals surface area contributed by atoms with E-state index < -0.39 is 0 Å². The van der Waals surface area contributed by atoms with Crippen molar-refractivity contribution < 1.29 is 0 Å². The fourth-order valence-electron chi connectivity index (χ4n) is 1.00. The molecule has 0 radical (unpaired) electrons. The molecule has 0 nitrogen and oxygen atoms in total. The summed E-state index contributed by atoms with van der Waals surface area (Å²) in [5, 5.41) is 1.52. The molecule has 1 aromatic rings. The molecule has 0 saturated carbocycles. The van der Waals surface area contributed by atoms with Crippen molar-refractivity contribution in [2.45, 2.75) is 18.2 Å². The van der Waals surface area contributed by atoms with Crippen LogP contribution in [0.15, 0.2) is 18.2 Å². The van der Waals surface area contributed by atoms with Gasteiger partial charge in [-0.2, -0.15) is 0 Å². The van der Waals surface area contributed by atoms with E-state index in [4.69, 9.17) is 23.2 Å². The Morgan fingerprint density at radius 1 is 1.42 bits per heavy atom. The molecule has 0 aromatic heterocycles. The Hall–Kier alpha value is 0.280. The van der Waals surface area contributed by atoms with Crippen LogP contribution in [0.5, 0.6) is 0 Å². The summed E-state index contributed by atoms with van der Waals surface area (Å²) in [7, 11) is 0. The van der Waals surface area contributed by atoms with Gasteiger partial charge in [0, 0.05) is 14.9 Å². The molecule has 0 aliphatic carbocycles. The SMILES string of the molecule is CC(Br)Cc1cc(Cl)ccc1Cl. The molecule has 0 amide bonds. The highest BCUT2D eigenvalue weighted by molar-refractivity contribution is 9.09. The van der Waals surface area contributed by atoms with Crippen LogP contribution in [0.1, 0.15) is 12.5 Å². The molecule has 66 valence electrons. The Morgan fingerprint density at radius 2 is 2.08 bits per heavy atom. The molecule has 0 aliphatic heterocycles. The van der Waals surface area contributed by atoms with Gasteiger partial charge in [0.2, 0.25) is 0 Å². The highest BCUT2D eigenvalue weighted by Crippen LogP contribution is 2.23. The molecule has 12 heavy (non-hydrogen) atoms. The van der Waals surface area contributed by atoms with Crippen molar-refractivity contribution in [1.29, 1.82) is 0 Å². The van der Waals surface area contributed by atoms with Crippen LogP contribution in [-0.4, -0.2) is 4.83 Å². The van der Waals surface area contributed by atoms with Gasteiger partial charge >= 0.3 is 0 Å². The first-order chi connectivity index (χ1) is 5.59. The normalized spacial score (nSPS) is 13.0. The molecule has 1 rings (SSSR count). The lowest BCUT2D eigenvalue weighted by Crippen LogP contribution is -1.96. The molecule has 1 aromatic carbocycles. The molecule has 0 saturated heterocycles. The first-order valence-electron chi connectivity index (χ1n) is 3.67. The molecule has 0 bridgehead atoms. The lowest BCUT2D eigenvalue weighted by molar-refractivity contribution is 0.960. The van der Waals surface area contributed by atoms with Crippen LogP contribution >= 0.6 is 39.1 Å². The summed E-state index contributed by atoms with van der Waals surface area (Å²) >= 11 is 15.3. The van der Waals surface area contributed by atoms with Crippen molar-refractivity contribution in [2.75, 3.05) is 0 Å². The van der Waals surface area contributed by atoms with Crippen molar-refractivity contribution >= 4 is 39.1 Å². The molecule has 0 aliphatic rings. The van der Waals surface area contributed by atoms with Gasteiger partial charge in [0.15, 0.2) is 0 Å². The van der Waals surface area contributed by atoms with Crippen molar-refractivity contribution in [3.63, 3.8) is 0 Å². The minimum absolute atomic E-state index is 0.425. The van der Waals surface area contributed by atoms with Crippen LogP contribution in [-0.2, 0) is 6.42 Å². The highest BCUT2D eigenvalue weighted by atomic mass is 79.9. The Morgan fingerprint density at radius 3 is 2.67 bits per heavy atom. The average Bonchev–Trinajstić information content (AvgIpc) is 1.96. The van der Waals surface area contributed by atoms with Gasteiger partial charge in [0.05, 0.1) is 0 Å². The maximum Gasteiger partial charge on any atom is 0.0439 e. The average molecular weight is 268 g/mol. The van der Waals surface area contributed by atoms with Crippen LogP contribution in [0.3, 0.4) is 0 Å². The van der Waals surface area contributed by atoms with Gasteiger partial charge in [0.25, 0.3) is 0 Å². The smallest absolute Gasteiger partial charge is 0.0439 e. The van der Waals surface area contributed by atoms with E-state index in [1.54, 1.807) is 6.07 Å². The van der Waals surface area contributed by atoms with Crippen LogP contribution in [0.25, 0.3) is 0 Å². The first kappa shape index (κ1) is 10.4. The second-order valence-electron chi connectivity index (χ2n) is 2.72. The van der Waals surface area contributed by atoms with Crippen molar-refractivity contribution in [1.82, 2.24) is 0 Å². The molecule has 1 atom stereocenters. The van der Waals surface area contributed by atoms with E-state index in [1.165, 1.54) is 0 Å². The quantitative estimate of drug-likeness (QED) is 0.700. The first-order valence-corrected chi connectivity index (χ1v) is 5.34. The summed E-state index contributed by atoms with van der Waals surface area (Å²) in [4.78, 5) is 0.425. The Kier molecular flexibility index (Phi) is 3.88. The number of alkyl halides is 1. The molecular weight excluding hydrogens is 259 g/mol. The molecule has 0 fully saturated rings. The van der Waals surface area contributed by atoms with E-state index in [-0.39, 0.29) is 0 Å². The molecule has 0 heterocycles. The molecule has 0 N–H and O–H groups in total. The van der Waals surface area contributed by atoms with E-state index in [2.05, 4.69) is 22.9 Å². The third-order valence-electron chi connectivity index (χ3n) is 1.51. The molecule has 0 spiro atoms. The number of benzene rings is 1. The zero-order valence-corrected chi connectivity index (χ0v) is 9.75. The zero-order chi connectivity index (χ0) is 9.14.